The van der Waals surface area contributed by atoms with Crippen LogP contribution >= 0.6 is 0 Å². The van der Waals surface area contributed by atoms with Gasteiger partial charge >= 0.3 is 0 Å². The van der Waals surface area contributed by atoms with E-state index in [0.717, 1.165) is 74.0 Å². The van der Waals surface area contributed by atoms with E-state index in [1.54, 1.807) is 18.3 Å². The molecule has 0 saturated heterocycles. The predicted octanol–water partition coefficient (Wildman–Crippen LogP) is 11.2. The molecule has 0 bridgehead atoms. The van der Waals surface area contributed by atoms with E-state index in [1.165, 1.54) is 24.5 Å². The van der Waals surface area contributed by atoms with Gasteiger partial charge in [-0.2, -0.15) is 4.39 Å². The Labute approximate surface area is 305 Å². The minimum atomic E-state index is -1.08. The molecule has 0 spiro atoms. The third-order valence-electron chi connectivity index (χ3n) is 9.49. The summed E-state index contributed by atoms with van der Waals surface area (Å²) in [4.78, 5) is 34.0. The maximum atomic E-state index is 15.4. The van der Waals surface area contributed by atoms with Crippen molar-refractivity contribution in [1.29, 1.82) is 5.41 Å². The molecule has 1 aliphatic heterocycles. The number of carbonyl (C=O) groups is 2. The number of nitrogens with zero attached hydrogens (tertiary/aromatic N) is 2. The summed E-state index contributed by atoms with van der Waals surface area (Å²) in [7, 11) is 0. The number of anilines is 1. The fraction of sp³-hybridized carbons (Fsp3) is 0.372. The molecule has 52 heavy (non-hydrogen) atoms. The Morgan fingerprint density at radius 3 is 2.40 bits per heavy atom. The smallest absolute Gasteiger partial charge is 0.201 e. The molecule has 0 radical (unpaired) electrons. The largest absolute Gasteiger partial charge is 0.454 e. The number of hydrogen-bond donors (Lipinski definition) is 2. The van der Waals surface area contributed by atoms with E-state index in [2.05, 4.69) is 22.2 Å². The van der Waals surface area contributed by atoms with E-state index in [0.29, 0.717) is 54.7 Å². The Kier molecular flexibility index (Phi) is 13.9. The number of halogens is 2. The Hall–Kier alpha value is -5.05. The number of aromatic nitrogens is 1. The van der Waals surface area contributed by atoms with E-state index in [4.69, 9.17) is 10.1 Å². The van der Waals surface area contributed by atoms with Crippen LogP contribution in [-0.4, -0.2) is 28.0 Å². The number of fused-ring (bicyclic) bond motifs is 1. The molecule has 272 valence electrons. The van der Waals surface area contributed by atoms with E-state index >= 15 is 8.78 Å². The van der Waals surface area contributed by atoms with Crippen LogP contribution in [0.4, 0.5) is 14.5 Å². The number of benzene rings is 2. The summed E-state index contributed by atoms with van der Waals surface area (Å²) in [5, 5.41) is 11.5. The van der Waals surface area contributed by atoms with Gasteiger partial charge in [0.2, 0.25) is 5.82 Å². The lowest BCUT2D eigenvalue weighted by atomic mass is 9.86. The van der Waals surface area contributed by atoms with Crippen LogP contribution in [0.2, 0.25) is 0 Å². The molecule has 3 aromatic rings. The summed E-state index contributed by atoms with van der Waals surface area (Å²) in [6.07, 6.45) is 20.4. The molecule has 1 unspecified atom stereocenters. The Balaban J connectivity index is 1.10. The van der Waals surface area contributed by atoms with Crippen molar-refractivity contribution in [2.24, 2.45) is 10.9 Å². The first-order valence-electron chi connectivity index (χ1n) is 18.5. The lowest BCUT2D eigenvalue weighted by Gasteiger charge is -2.22. The van der Waals surface area contributed by atoms with Crippen LogP contribution in [0.15, 0.2) is 90.0 Å². The summed E-state index contributed by atoms with van der Waals surface area (Å²) in [6, 6.07) is 11.8. The molecule has 9 heteroatoms. The maximum absolute atomic E-state index is 15.4. The molecule has 1 aromatic heterocycles. The highest BCUT2D eigenvalue weighted by atomic mass is 19.2. The van der Waals surface area contributed by atoms with E-state index in [1.807, 2.05) is 43.4 Å². The molecular weight excluding hydrogens is 658 g/mol. The van der Waals surface area contributed by atoms with Gasteiger partial charge in [0.25, 0.3) is 0 Å². The second-order valence-corrected chi connectivity index (χ2v) is 13.4. The Morgan fingerprint density at radius 2 is 1.62 bits per heavy atom. The first kappa shape index (κ1) is 38.2. The molecular formula is C43H48F2N4O3. The van der Waals surface area contributed by atoms with Crippen LogP contribution in [0, 0.1) is 23.0 Å². The lowest BCUT2D eigenvalue weighted by molar-refractivity contribution is -0.119. The Bertz CT molecular complexity index is 1880. The average Bonchev–Trinajstić information content (AvgIpc) is 3.59. The first-order chi connectivity index (χ1) is 25.3. The van der Waals surface area contributed by atoms with Gasteiger partial charge in [-0.1, -0.05) is 45.3 Å². The summed E-state index contributed by atoms with van der Waals surface area (Å²) in [5.41, 5.74) is 5.28. The monoisotopic (exact) mass is 706 g/mol. The molecule has 1 aliphatic carbocycles. The molecule has 2 aromatic carbocycles. The third-order valence-corrected chi connectivity index (χ3v) is 9.49. The van der Waals surface area contributed by atoms with Gasteiger partial charge < -0.3 is 15.5 Å². The average molecular weight is 707 g/mol. The summed E-state index contributed by atoms with van der Waals surface area (Å²) < 4.78 is 36.0. The molecule has 1 atom stereocenters. The fourth-order valence-corrected chi connectivity index (χ4v) is 6.58. The third kappa shape index (κ3) is 10.0. The SMILES string of the molecule is CCCCCC(=N)CCCC(=O)CCCCCC(=O)c1ccc(NC2=CC=CC3C(c4ccc(Oc5ccncc5)c(F)c4F)=CN=C23)cc1CC. The lowest BCUT2D eigenvalue weighted by Crippen LogP contribution is -2.21. The van der Waals surface area contributed by atoms with Crippen LogP contribution in [-0.2, 0) is 11.2 Å². The number of allylic oxidation sites excluding steroid dienone is 5. The van der Waals surface area contributed by atoms with Gasteiger partial charge in [-0.15, -0.1) is 0 Å². The zero-order valence-electron chi connectivity index (χ0n) is 30.2. The predicted molar refractivity (Wildman–Crippen MR) is 204 cm³/mol. The zero-order chi connectivity index (χ0) is 36.9. The van der Waals surface area contributed by atoms with Crippen LogP contribution in [0.5, 0.6) is 11.5 Å². The number of hydrogen-bond acceptors (Lipinski definition) is 7. The van der Waals surface area contributed by atoms with Gasteiger partial charge in [0.15, 0.2) is 17.3 Å². The number of aryl methyl sites for hydroxylation is 1. The molecule has 0 fully saturated rings. The number of ketones is 2. The minimum absolute atomic E-state index is 0.0941. The summed E-state index contributed by atoms with van der Waals surface area (Å²) >= 11 is 0. The number of pyridine rings is 1. The van der Waals surface area contributed by atoms with Crippen LogP contribution < -0.4 is 10.1 Å². The van der Waals surface area contributed by atoms with Crippen molar-refractivity contribution < 1.29 is 23.1 Å². The topological polar surface area (TPSA) is 104 Å². The second-order valence-electron chi connectivity index (χ2n) is 13.4. The van der Waals surface area contributed by atoms with E-state index in [9.17, 15) is 9.59 Å². The number of nitrogens with one attached hydrogen (secondary N) is 2. The molecule has 0 saturated carbocycles. The van der Waals surface area contributed by atoms with Crippen molar-refractivity contribution in [1.82, 2.24) is 4.98 Å². The summed E-state index contributed by atoms with van der Waals surface area (Å²) in [6.45, 7) is 4.17. The number of aliphatic imine (C=N–C) groups is 1. The maximum Gasteiger partial charge on any atom is 0.201 e. The quantitative estimate of drug-likeness (QED) is 0.0652. The van der Waals surface area contributed by atoms with Crippen molar-refractivity contribution in [3.8, 4) is 11.5 Å². The summed E-state index contributed by atoms with van der Waals surface area (Å²) in [5.74, 6) is -1.97. The van der Waals surface area contributed by atoms with Crippen LogP contribution in [0.1, 0.15) is 112 Å². The molecule has 0 amide bonds. The molecule has 2 aliphatic rings. The molecule has 7 nitrogen and oxygen atoms in total. The van der Waals surface area contributed by atoms with Gasteiger partial charge in [0.05, 0.1) is 11.4 Å². The van der Waals surface area contributed by atoms with Crippen molar-refractivity contribution in [3.05, 3.63) is 113 Å². The molecule has 2 heterocycles. The van der Waals surface area contributed by atoms with Gasteiger partial charge in [0, 0.05) is 66.3 Å². The number of Topliss-reactive ketones (excluding diaryl/α,β-unsaturated/α-hetero) is 2. The first-order valence-corrected chi connectivity index (χ1v) is 18.5. The normalized spacial score (nSPS) is 14.7. The number of rotatable bonds is 21. The standard InChI is InChI=1S/C43H48F2N4O3/c1-3-5-7-12-30(46)13-10-15-32(50)14-8-6-9-18-39(51)34-20-19-31(27-29(34)4-2)49-38-17-11-16-36-37(28-48-43(36)38)35-21-22-40(42(45)41(35)44)52-33-23-25-47-26-24-33/h11,16-17,19-28,36,46,49H,3-10,12-15,18H2,1-2H3. The highest BCUT2D eigenvalue weighted by Crippen LogP contribution is 2.39. The number of unbranched alkanes of at least 4 members (excludes halogenated alkanes) is 4. The van der Waals surface area contributed by atoms with E-state index in [-0.39, 0.29) is 28.8 Å². The van der Waals surface area contributed by atoms with Crippen molar-refractivity contribution >= 4 is 34.3 Å². The van der Waals surface area contributed by atoms with Gasteiger partial charge in [-0.3, -0.25) is 19.6 Å². The van der Waals surface area contributed by atoms with Crippen LogP contribution in [0.25, 0.3) is 5.57 Å². The zero-order valence-corrected chi connectivity index (χ0v) is 30.2. The molecule has 5 rings (SSSR count). The van der Waals surface area contributed by atoms with Gasteiger partial charge in [-0.05, 0) is 105 Å². The minimum Gasteiger partial charge on any atom is -0.454 e. The van der Waals surface area contributed by atoms with Gasteiger partial charge in [0.1, 0.15) is 11.5 Å². The van der Waals surface area contributed by atoms with Crippen molar-refractivity contribution in [2.45, 2.75) is 97.3 Å². The number of ether oxygens (including phenoxy) is 1. The van der Waals surface area contributed by atoms with Crippen molar-refractivity contribution in [3.63, 3.8) is 0 Å². The van der Waals surface area contributed by atoms with Crippen LogP contribution in [0.3, 0.4) is 0 Å². The second kappa shape index (κ2) is 19.0. The number of carbonyl (C=O) groups excluding carboxylic acids is 2. The molecule has 2 N–H and O–H groups in total. The highest BCUT2D eigenvalue weighted by molar-refractivity contribution is 6.14. The van der Waals surface area contributed by atoms with E-state index < -0.39 is 11.6 Å². The van der Waals surface area contributed by atoms with Crippen molar-refractivity contribution in [2.75, 3.05) is 5.32 Å². The Morgan fingerprint density at radius 1 is 0.865 bits per heavy atom. The van der Waals surface area contributed by atoms with Gasteiger partial charge in [-0.25, -0.2) is 4.39 Å². The highest BCUT2D eigenvalue weighted by Gasteiger charge is 2.31. The fourth-order valence-electron chi connectivity index (χ4n) is 6.58.